The topological polar surface area (TPSA) is 83.7 Å². The van der Waals surface area contributed by atoms with Gasteiger partial charge in [-0.2, -0.15) is 0 Å². The Balaban J connectivity index is 1.51. The summed E-state index contributed by atoms with van der Waals surface area (Å²) in [6, 6.07) is 19.3. The second-order valence-corrected chi connectivity index (χ2v) is 9.22. The van der Waals surface area contributed by atoms with Crippen molar-refractivity contribution in [3.8, 4) is 5.75 Å². The molecule has 1 atom stereocenters. The number of ether oxygens (including phenoxy) is 2. The van der Waals surface area contributed by atoms with Crippen LogP contribution in [0.1, 0.15) is 29.8 Å². The molecule has 3 aromatic carbocycles. The van der Waals surface area contributed by atoms with Gasteiger partial charge in [-0.25, -0.2) is 9.59 Å². The van der Waals surface area contributed by atoms with Gasteiger partial charge in [0.15, 0.2) is 0 Å². The van der Waals surface area contributed by atoms with Crippen molar-refractivity contribution in [1.82, 2.24) is 9.88 Å². The SMILES string of the molecule is CCOC(=O)Nc1ccc(C2c3[nH]c4ccc(Cl)cc4c3CCN2C(=O)Oc2ccc(Cl)cc2)cc1. The predicted molar refractivity (Wildman–Crippen MR) is 140 cm³/mol. The third kappa shape index (κ3) is 4.85. The second-order valence-electron chi connectivity index (χ2n) is 8.34. The molecule has 0 saturated carbocycles. The molecular formula is C27H23Cl2N3O4. The van der Waals surface area contributed by atoms with E-state index in [4.69, 9.17) is 32.7 Å². The Morgan fingerprint density at radius 3 is 2.47 bits per heavy atom. The quantitative estimate of drug-likeness (QED) is 0.296. The van der Waals surface area contributed by atoms with Gasteiger partial charge in [-0.3, -0.25) is 10.2 Å². The zero-order chi connectivity index (χ0) is 25.2. The summed E-state index contributed by atoms with van der Waals surface area (Å²) in [5, 5.41) is 4.94. The van der Waals surface area contributed by atoms with Gasteiger partial charge in [-0.05, 0) is 79.1 Å². The number of aromatic amines is 1. The number of nitrogens with one attached hydrogen (secondary N) is 2. The molecule has 1 aliphatic rings. The molecule has 0 spiro atoms. The maximum Gasteiger partial charge on any atom is 0.416 e. The molecule has 0 bridgehead atoms. The van der Waals surface area contributed by atoms with Crippen LogP contribution >= 0.6 is 23.2 Å². The number of anilines is 1. The number of hydrogen-bond donors (Lipinski definition) is 2. The molecule has 1 aromatic heterocycles. The average Bonchev–Trinajstić information content (AvgIpc) is 3.23. The monoisotopic (exact) mass is 523 g/mol. The summed E-state index contributed by atoms with van der Waals surface area (Å²) in [6.07, 6.45) is -0.353. The van der Waals surface area contributed by atoms with Gasteiger partial charge in [0.25, 0.3) is 0 Å². The van der Waals surface area contributed by atoms with E-state index in [1.807, 2.05) is 30.3 Å². The molecule has 5 rings (SSSR count). The van der Waals surface area contributed by atoms with E-state index in [0.29, 0.717) is 34.4 Å². The molecule has 2 amide bonds. The third-order valence-electron chi connectivity index (χ3n) is 6.09. The van der Waals surface area contributed by atoms with Gasteiger partial charge in [0.2, 0.25) is 0 Å². The number of rotatable bonds is 4. The van der Waals surface area contributed by atoms with Crippen LogP contribution in [-0.2, 0) is 11.2 Å². The highest BCUT2D eigenvalue weighted by Gasteiger charge is 2.35. The minimum Gasteiger partial charge on any atom is -0.450 e. The standard InChI is InChI=1S/C27H23Cl2N3O4/c1-2-35-26(33)30-19-8-3-16(4-9-19)25-24-21(22-15-18(29)7-12-23(22)31-24)13-14-32(25)27(34)36-20-10-5-17(28)6-11-20/h3-12,15,25,31H,2,13-14H2,1H3,(H,30,33). The third-order valence-corrected chi connectivity index (χ3v) is 6.58. The average molecular weight is 524 g/mol. The summed E-state index contributed by atoms with van der Waals surface area (Å²) >= 11 is 12.3. The molecule has 1 unspecified atom stereocenters. The summed E-state index contributed by atoms with van der Waals surface area (Å²) < 4.78 is 10.6. The number of halogens is 2. The lowest BCUT2D eigenvalue weighted by Crippen LogP contribution is -2.42. The Morgan fingerprint density at radius 2 is 1.75 bits per heavy atom. The molecule has 1 aliphatic heterocycles. The lowest BCUT2D eigenvalue weighted by molar-refractivity contribution is 0.135. The Labute approximate surface area is 217 Å². The molecule has 0 radical (unpaired) electrons. The largest absolute Gasteiger partial charge is 0.450 e. The summed E-state index contributed by atoms with van der Waals surface area (Å²) in [5.41, 5.74) is 4.41. The maximum atomic E-state index is 13.4. The van der Waals surface area contributed by atoms with Crippen LogP contribution in [0.15, 0.2) is 66.7 Å². The molecule has 184 valence electrons. The minimum atomic E-state index is -0.522. The first-order valence-corrected chi connectivity index (χ1v) is 12.3. The second kappa shape index (κ2) is 10.1. The normalized spacial score (nSPS) is 14.9. The van der Waals surface area contributed by atoms with Crippen LogP contribution in [0.25, 0.3) is 10.9 Å². The van der Waals surface area contributed by atoms with Crippen molar-refractivity contribution in [2.75, 3.05) is 18.5 Å². The fraction of sp³-hybridized carbons (Fsp3) is 0.185. The zero-order valence-electron chi connectivity index (χ0n) is 19.4. The van der Waals surface area contributed by atoms with Crippen molar-refractivity contribution in [2.24, 2.45) is 0 Å². The van der Waals surface area contributed by atoms with Crippen molar-refractivity contribution in [3.63, 3.8) is 0 Å². The van der Waals surface area contributed by atoms with Crippen LogP contribution in [0, 0.1) is 0 Å². The number of nitrogens with zero attached hydrogens (tertiary/aromatic N) is 1. The highest BCUT2D eigenvalue weighted by atomic mass is 35.5. The number of carbonyl (C=O) groups is 2. The molecule has 7 nitrogen and oxygen atoms in total. The van der Waals surface area contributed by atoms with E-state index in [0.717, 1.165) is 27.7 Å². The fourth-order valence-corrected chi connectivity index (χ4v) is 4.80. The molecule has 9 heteroatoms. The van der Waals surface area contributed by atoms with E-state index in [1.54, 1.807) is 48.2 Å². The number of carbonyl (C=O) groups excluding carboxylic acids is 2. The first-order chi connectivity index (χ1) is 17.4. The van der Waals surface area contributed by atoms with Crippen LogP contribution in [0.5, 0.6) is 5.75 Å². The van der Waals surface area contributed by atoms with Gasteiger partial charge in [0, 0.05) is 38.9 Å². The van der Waals surface area contributed by atoms with Gasteiger partial charge in [-0.1, -0.05) is 35.3 Å². The fourth-order valence-electron chi connectivity index (χ4n) is 4.50. The highest BCUT2D eigenvalue weighted by Crippen LogP contribution is 2.39. The predicted octanol–water partition coefficient (Wildman–Crippen LogP) is 7.19. The molecule has 4 aromatic rings. The van der Waals surface area contributed by atoms with Crippen LogP contribution in [0.2, 0.25) is 10.0 Å². The van der Waals surface area contributed by atoms with Gasteiger partial charge in [0.1, 0.15) is 11.8 Å². The van der Waals surface area contributed by atoms with E-state index >= 15 is 0 Å². The number of hydrogen-bond acceptors (Lipinski definition) is 4. The molecule has 36 heavy (non-hydrogen) atoms. The van der Waals surface area contributed by atoms with Gasteiger partial charge < -0.3 is 14.5 Å². The summed E-state index contributed by atoms with van der Waals surface area (Å²) in [5.74, 6) is 0.409. The zero-order valence-corrected chi connectivity index (χ0v) is 20.9. The lowest BCUT2D eigenvalue weighted by Gasteiger charge is -2.35. The minimum absolute atomic E-state index is 0.282. The molecule has 2 heterocycles. The Morgan fingerprint density at radius 1 is 1.03 bits per heavy atom. The Bertz CT molecular complexity index is 1420. The van der Waals surface area contributed by atoms with Gasteiger partial charge in [-0.15, -0.1) is 0 Å². The highest BCUT2D eigenvalue weighted by molar-refractivity contribution is 6.31. The summed E-state index contributed by atoms with van der Waals surface area (Å²) in [4.78, 5) is 30.4. The van der Waals surface area contributed by atoms with E-state index in [9.17, 15) is 9.59 Å². The molecular weight excluding hydrogens is 501 g/mol. The van der Waals surface area contributed by atoms with Crippen LogP contribution in [0.3, 0.4) is 0 Å². The van der Waals surface area contributed by atoms with Gasteiger partial charge >= 0.3 is 12.2 Å². The van der Waals surface area contributed by atoms with E-state index in [2.05, 4.69) is 10.3 Å². The van der Waals surface area contributed by atoms with Crippen molar-refractivity contribution in [2.45, 2.75) is 19.4 Å². The van der Waals surface area contributed by atoms with Crippen LogP contribution in [-0.4, -0.2) is 35.2 Å². The molecule has 0 fully saturated rings. The van der Waals surface area contributed by atoms with Crippen molar-refractivity contribution in [3.05, 3.63) is 93.6 Å². The smallest absolute Gasteiger partial charge is 0.416 e. The summed E-state index contributed by atoms with van der Waals surface area (Å²) in [6.45, 7) is 2.48. The molecule has 0 saturated heterocycles. The van der Waals surface area contributed by atoms with E-state index in [1.165, 1.54) is 0 Å². The first-order valence-electron chi connectivity index (χ1n) is 11.5. The Kier molecular flexibility index (Phi) is 6.76. The van der Waals surface area contributed by atoms with E-state index in [-0.39, 0.29) is 6.61 Å². The van der Waals surface area contributed by atoms with Crippen molar-refractivity contribution in [1.29, 1.82) is 0 Å². The first kappa shape index (κ1) is 24.0. The van der Waals surface area contributed by atoms with Crippen LogP contribution in [0.4, 0.5) is 15.3 Å². The molecule has 2 N–H and O–H groups in total. The van der Waals surface area contributed by atoms with Crippen molar-refractivity contribution >= 4 is 52.0 Å². The number of fused-ring (bicyclic) bond motifs is 3. The lowest BCUT2D eigenvalue weighted by atomic mass is 9.92. The number of H-pyrrole nitrogens is 1. The number of amides is 2. The van der Waals surface area contributed by atoms with Crippen LogP contribution < -0.4 is 10.1 Å². The Hall–Kier alpha value is -3.68. The maximum absolute atomic E-state index is 13.4. The van der Waals surface area contributed by atoms with Crippen molar-refractivity contribution < 1.29 is 19.1 Å². The number of aromatic nitrogens is 1. The van der Waals surface area contributed by atoms with E-state index < -0.39 is 18.2 Å². The molecule has 0 aliphatic carbocycles. The number of benzene rings is 3. The summed E-state index contributed by atoms with van der Waals surface area (Å²) in [7, 11) is 0. The van der Waals surface area contributed by atoms with Gasteiger partial charge in [0.05, 0.1) is 6.61 Å².